The molecule has 1 nitrogen and oxygen atoms in total. The van der Waals surface area contributed by atoms with E-state index in [9.17, 15) is 0 Å². The van der Waals surface area contributed by atoms with Crippen LogP contribution < -0.4 is 5.32 Å². The van der Waals surface area contributed by atoms with Crippen LogP contribution >= 0.6 is 0 Å². The maximum Gasteiger partial charge on any atom is 0.0175 e. The van der Waals surface area contributed by atoms with Gasteiger partial charge in [-0.1, -0.05) is 47.0 Å². The Morgan fingerprint density at radius 1 is 1.00 bits per heavy atom. The highest BCUT2D eigenvalue weighted by Gasteiger charge is 2.24. The highest BCUT2D eigenvalue weighted by atomic mass is 14.9. The molecule has 1 N–H and O–H groups in total. The van der Waals surface area contributed by atoms with E-state index < -0.39 is 0 Å². The Morgan fingerprint density at radius 3 is 2.07 bits per heavy atom. The van der Waals surface area contributed by atoms with Gasteiger partial charge in [0.25, 0.3) is 0 Å². The zero-order valence-electron chi connectivity index (χ0n) is 11.5. The number of hydrogen-bond donors (Lipinski definition) is 1. The summed E-state index contributed by atoms with van der Waals surface area (Å²) in [6, 6.07) is 0. The van der Waals surface area contributed by atoms with E-state index in [1.807, 2.05) is 0 Å². The van der Waals surface area contributed by atoms with Crippen molar-refractivity contribution in [3.63, 3.8) is 0 Å². The van der Waals surface area contributed by atoms with E-state index in [1.165, 1.54) is 44.9 Å². The van der Waals surface area contributed by atoms with Gasteiger partial charge in [0.15, 0.2) is 0 Å². The molecule has 1 heteroatoms. The van der Waals surface area contributed by atoms with E-state index in [1.54, 1.807) is 0 Å². The molecule has 2 unspecified atom stereocenters. The van der Waals surface area contributed by atoms with E-state index in [0.717, 1.165) is 5.92 Å². The summed E-state index contributed by atoms with van der Waals surface area (Å²) >= 11 is 0. The molecule has 0 heterocycles. The second kappa shape index (κ2) is 8.15. The Kier molecular flexibility index (Phi) is 8.13. The Balaban J connectivity index is 4.04. The second-order valence-electron chi connectivity index (χ2n) is 5.07. The van der Waals surface area contributed by atoms with Crippen molar-refractivity contribution >= 4 is 0 Å². The van der Waals surface area contributed by atoms with Gasteiger partial charge in [-0.15, -0.1) is 0 Å². The van der Waals surface area contributed by atoms with Crippen molar-refractivity contribution in [3.05, 3.63) is 0 Å². The molecule has 0 aromatic rings. The fourth-order valence-electron chi connectivity index (χ4n) is 2.54. The van der Waals surface area contributed by atoms with Crippen LogP contribution in [0.25, 0.3) is 0 Å². The van der Waals surface area contributed by atoms with Crippen LogP contribution in [0.4, 0.5) is 0 Å². The molecule has 15 heavy (non-hydrogen) atoms. The molecule has 2 atom stereocenters. The molecule has 0 saturated carbocycles. The van der Waals surface area contributed by atoms with Gasteiger partial charge < -0.3 is 5.32 Å². The van der Waals surface area contributed by atoms with Gasteiger partial charge >= 0.3 is 0 Å². The fourth-order valence-corrected chi connectivity index (χ4v) is 2.54. The van der Waals surface area contributed by atoms with Gasteiger partial charge in [-0.25, -0.2) is 0 Å². The molecule has 0 aliphatic carbocycles. The molecule has 0 radical (unpaired) electrons. The molecule has 0 aromatic heterocycles. The third kappa shape index (κ3) is 5.55. The van der Waals surface area contributed by atoms with Crippen molar-refractivity contribution in [2.45, 2.75) is 78.2 Å². The van der Waals surface area contributed by atoms with E-state index in [0.29, 0.717) is 5.54 Å². The summed E-state index contributed by atoms with van der Waals surface area (Å²) in [5.41, 5.74) is 0.413. The van der Waals surface area contributed by atoms with Gasteiger partial charge in [0.05, 0.1) is 0 Å². The Morgan fingerprint density at radius 2 is 1.67 bits per heavy atom. The van der Waals surface area contributed by atoms with E-state index in [-0.39, 0.29) is 0 Å². The normalized spacial score (nSPS) is 17.4. The van der Waals surface area contributed by atoms with Crippen LogP contribution in [0.5, 0.6) is 0 Å². The zero-order valence-corrected chi connectivity index (χ0v) is 11.5. The molecule has 0 aliphatic heterocycles. The summed E-state index contributed by atoms with van der Waals surface area (Å²) in [5, 5.41) is 3.56. The first kappa shape index (κ1) is 15.0. The highest BCUT2D eigenvalue weighted by Crippen LogP contribution is 2.26. The molecular formula is C14H31N. The molecule has 0 aliphatic rings. The molecular weight excluding hydrogens is 182 g/mol. The Bertz CT molecular complexity index is 138. The lowest BCUT2D eigenvalue weighted by Crippen LogP contribution is -2.42. The lowest BCUT2D eigenvalue weighted by atomic mass is 9.83. The largest absolute Gasteiger partial charge is 0.314 e. The maximum absolute atomic E-state index is 3.56. The van der Waals surface area contributed by atoms with E-state index >= 15 is 0 Å². The molecule has 0 saturated heterocycles. The predicted octanol–water partition coefficient (Wildman–Crippen LogP) is 4.37. The molecule has 0 bridgehead atoms. The smallest absolute Gasteiger partial charge is 0.0175 e. The SMILES string of the molecule is CCCC(C)CCC(CC)(CCC)NC. The van der Waals surface area contributed by atoms with Crippen LogP contribution in [0.1, 0.15) is 72.6 Å². The minimum Gasteiger partial charge on any atom is -0.314 e. The van der Waals surface area contributed by atoms with Crippen LogP contribution in [-0.4, -0.2) is 12.6 Å². The van der Waals surface area contributed by atoms with Gasteiger partial charge in [-0.3, -0.25) is 0 Å². The highest BCUT2D eigenvalue weighted by molar-refractivity contribution is 4.85. The van der Waals surface area contributed by atoms with E-state index in [2.05, 4.69) is 40.1 Å². The molecule has 0 amide bonds. The van der Waals surface area contributed by atoms with Gasteiger partial charge in [0.1, 0.15) is 0 Å². The Labute approximate surface area is 97.0 Å². The summed E-state index contributed by atoms with van der Waals surface area (Å²) in [6.45, 7) is 9.28. The summed E-state index contributed by atoms with van der Waals surface area (Å²) in [5.74, 6) is 0.895. The van der Waals surface area contributed by atoms with E-state index in [4.69, 9.17) is 0 Å². The second-order valence-corrected chi connectivity index (χ2v) is 5.07. The molecule has 0 fully saturated rings. The van der Waals surface area contributed by atoms with Gasteiger partial charge in [-0.05, 0) is 38.6 Å². The average molecular weight is 213 g/mol. The molecule has 92 valence electrons. The van der Waals surface area contributed by atoms with Crippen LogP contribution in [0.15, 0.2) is 0 Å². The number of nitrogens with one attached hydrogen (secondary N) is 1. The summed E-state index contributed by atoms with van der Waals surface area (Å²) < 4.78 is 0. The summed E-state index contributed by atoms with van der Waals surface area (Å²) in [4.78, 5) is 0. The first-order valence-electron chi connectivity index (χ1n) is 6.83. The lowest BCUT2D eigenvalue weighted by Gasteiger charge is -2.33. The van der Waals surface area contributed by atoms with Crippen LogP contribution in [0, 0.1) is 5.92 Å². The monoisotopic (exact) mass is 213 g/mol. The Hall–Kier alpha value is -0.0400. The van der Waals surface area contributed by atoms with Crippen molar-refractivity contribution in [1.82, 2.24) is 5.32 Å². The molecule has 0 spiro atoms. The standard InChI is InChI=1S/C14H31N/c1-6-9-13(4)10-12-14(8-3,15-5)11-7-2/h13,15H,6-12H2,1-5H3. The summed E-state index contributed by atoms with van der Waals surface area (Å²) in [6.07, 6.45) is 9.30. The van der Waals surface area contributed by atoms with Crippen LogP contribution in [-0.2, 0) is 0 Å². The topological polar surface area (TPSA) is 12.0 Å². The molecule has 0 aromatic carbocycles. The predicted molar refractivity (Wildman–Crippen MR) is 70.3 cm³/mol. The number of rotatable bonds is 9. The maximum atomic E-state index is 3.56. The minimum atomic E-state index is 0.413. The van der Waals surface area contributed by atoms with Crippen LogP contribution in [0.2, 0.25) is 0 Å². The quantitative estimate of drug-likeness (QED) is 0.599. The number of hydrogen-bond acceptors (Lipinski definition) is 1. The van der Waals surface area contributed by atoms with Crippen molar-refractivity contribution < 1.29 is 0 Å². The fraction of sp³-hybridized carbons (Fsp3) is 1.00. The van der Waals surface area contributed by atoms with Crippen LogP contribution in [0.3, 0.4) is 0 Å². The molecule has 0 rings (SSSR count). The zero-order chi connectivity index (χ0) is 11.7. The third-order valence-corrected chi connectivity index (χ3v) is 3.83. The van der Waals surface area contributed by atoms with Gasteiger partial charge in [0.2, 0.25) is 0 Å². The summed E-state index contributed by atoms with van der Waals surface area (Å²) in [7, 11) is 2.13. The van der Waals surface area contributed by atoms with Gasteiger partial charge in [-0.2, -0.15) is 0 Å². The van der Waals surface area contributed by atoms with Crippen molar-refractivity contribution in [1.29, 1.82) is 0 Å². The first-order chi connectivity index (χ1) is 7.14. The van der Waals surface area contributed by atoms with Crippen molar-refractivity contribution in [2.75, 3.05) is 7.05 Å². The van der Waals surface area contributed by atoms with Gasteiger partial charge in [0, 0.05) is 5.54 Å². The average Bonchev–Trinajstić information content (AvgIpc) is 2.25. The third-order valence-electron chi connectivity index (χ3n) is 3.83. The van der Waals surface area contributed by atoms with Crippen molar-refractivity contribution in [2.24, 2.45) is 5.92 Å². The minimum absolute atomic E-state index is 0.413. The first-order valence-corrected chi connectivity index (χ1v) is 6.83. The van der Waals surface area contributed by atoms with Crippen molar-refractivity contribution in [3.8, 4) is 0 Å². The lowest BCUT2D eigenvalue weighted by molar-refractivity contribution is 0.260.